The van der Waals surface area contributed by atoms with Crippen molar-refractivity contribution in [3.63, 3.8) is 0 Å². The number of halogens is 1. The summed E-state index contributed by atoms with van der Waals surface area (Å²) < 4.78 is 1.13. The number of aliphatic hydroxyl groups is 1. The Labute approximate surface area is 116 Å². The Morgan fingerprint density at radius 2 is 2.17 bits per heavy atom. The van der Waals surface area contributed by atoms with Gasteiger partial charge >= 0.3 is 0 Å². The van der Waals surface area contributed by atoms with Crippen molar-refractivity contribution in [2.75, 3.05) is 18.0 Å². The minimum absolute atomic E-state index is 0.173. The van der Waals surface area contributed by atoms with Crippen LogP contribution < -0.4 is 10.2 Å². The molecule has 1 aliphatic carbocycles. The zero-order valence-electron chi connectivity index (χ0n) is 10.4. The Kier molecular flexibility index (Phi) is 3.59. The van der Waals surface area contributed by atoms with Crippen molar-refractivity contribution in [1.82, 2.24) is 5.32 Å². The zero-order valence-corrected chi connectivity index (χ0v) is 12.0. The predicted octanol–water partition coefficient (Wildman–Crippen LogP) is 2.27. The Bertz CT molecular complexity index is 434. The van der Waals surface area contributed by atoms with Crippen molar-refractivity contribution in [3.05, 3.63) is 28.2 Å². The van der Waals surface area contributed by atoms with Crippen LogP contribution in [0.2, 0.25) is 0 Å². The summed E-state index contributed by atoms with van der Waals surface area (Å²) in [5.74, 6) is 0. The van der Waals surface area contributed by atoms with Crippen molar-refractivity contribution in [3.8, 4) is 0 Å². The molecule has 1 heterocycles. The number of nitrogens with one attached hydrogen (secondary N) is 1. The quantitative estimate of drug-likeness (QED) is 0.895. The van der Waals surface area contributed by atoms with Crippen LogP contribution in [0.25, 0.3) is 0 Å². The van der Waals surface area contributed by atoms with Gasteiger partial charge in [-0.05, 0) is 52.9 Å². The van der Waals surface area contributed by atoms with Gasteiger partial charge in [0.2, 0.25) is 0 Å². The number of benzene rings is 1. The summed E-state index contributed by atoms with van der Waals surface area (Å²) in [4.78, 5) is 2.24. The summed E-state index contributed by atoms with van der Waals surface area (Å²) in [5, 5.41) is 13.1. The van der Waals surface area contributed by atoms with E-state index in [4.69, 9.17) is 0 Å². The van der Waals surface area contributed by atoms with Gasteiger partial charge in [-0.2, -0.15) is 0 Å². The minimum Gasteiger partial charge on any atom is -0.391 e. The Balaban J connectivity index is 1.67. The van der Waals surface area contributed by atoms with E-state index in [0.717, 1.165) is 36.6 Å². The molecule has 4 heteroatoms. The van der Waals surface area contributed by atoms with E-state index >= 15 is 0 Å². The number of rotatable bonds is 4. The van der Waals surface area contributed by atoms with Crippen LogP contribution >= 0.6 is 15.9 Å². The first kappa shape index (κ1) is 12.5. The summed E-state index contributed by atoms with van der Waals surface area (Å²) in [7, 11) is 0. The molecule has 1 atom stereocenters. The van der Waals surface area contributed by atoms with E-state index in [-0.39, 0.29) is 6.10 Å². The molecule has 1 aromatic rings. The lowest BCUT2D eigenvalue weighted by molar-refractivity contribution is 0.198. The standard InChI is InChI=1S/C14H19BrN2O/c15-13-7-10(8-16-11-2-3-11)1-4-14(13)17-6-5-12(18)9-17/h1,4,7,11-12,16,18H,2-3,5-6,8-9H2. The molecule has 1 saturated carbocycles. The molecule has 18 heavy (non-hydrogen) atoms. The van der Waals surface area contributed by atoms with Crippen molar-refractivity contribution in [2.45, 2.75) is 38.0 Å². The maximum absolute atomic E-state index is 9.59. The zero-order chi connectivity index (χ0) is 12.5. The van der Waals surface area contributed by atoms with Gasteiger partial charge in [-0.1, -0.05) is 6.07 Å². The highest BCUT2D eigenvalue weighted by atomic mass is 79.9. The molecule has 0 bridgehead atoms. The van der Waals surface area contributed by atoms with Crippen molar-refractivity contribution < 1.29 is 5.11 Å². The van der Waals surface area contributed by atoms with Crippen molar-refractivity contribution >= 4 is 21.6 Å². The highest BCUT2D eigenvalue weighted by molar-refractivity contribution is 9.10. The van der Waals surface area contributed by atoms with Crippen molar-refractivity contribution in [1.29, 1.82) is 0 Å². The van der Waals surface area contributed by atoms with E-state index < -0.39 is 0 Å². The SMILES string of the molecule is OC1CCN(c2ccc(CNC3CC3)cc2Br)C1. The lowest BCUT2D eigenvalue weighted by atomic mass is 10.2. The number of nitrogens with zero attached hydrogens (tertiary/aromatic N) is 1. The van der Waals surface area contributed by atoms with Crippen LogP contribution in [0.15, 0.2) is 22.7 Å². The Hall–Kier alpha value is -0.580. The normalized spacial score (nSPS) is 23.7. The van der Waals surface area contributed by atoms with E-state index in [1.807, 2.05) is 0 Å². The molecule has 3 rings (SSSR count). The van der Waals surface area contributed by atoms with E-state index in [1.165, 1.54) is 24.1 Å². The molecule has 0 amide bonds. The van der Waals surface area contributed by atoms with Crippen LogP contribution in [0.5, 0.6) is 0 Å². The average molecular weight is 311 g/mol. The lowest BCUT2D eigenvalue weighted by Gasteiger charge is -2.20. The average Bonchev–Trinajstić information content (AvgIpc) is 3.09. The Morgan fingerprint density at radius 3 is 2.78 bits per heavy atom. The third-order valence-corrected chi connectivity index (χ3v) is 4.32. The van der Waals surface area contributed by atoms with Crippen molar-refractivity contribution in [2.24, 2.45) is 0 Å². The molecule has 1 aliphatic heterocycles. The third kappa shape index (κ3) is 2.87. The summed E-state index contributed by atoms with van der Waals surface area (Å²) in [6, 6.07) is 7.28. The first-order chi connectivity index (χ1) is 8.72. The van der Waals surface area contributed by atoms with Gasteiger partial charge in [0.05, 0.1) is 11.8 Å². The molecule has 1 saturated heterocycles. The molecule has 0 radical (unpaired) electrons. The number of anilines is 1. The van der Waals surface area contributed by atoms with Crippen LogP contribution in [-0.4, -0.2) is 30.3 Å². The second kappa shape index (κ2) is 5.19. The summed E-state index contributed by atoms with van der Waals surface area (Å²) in [6.45, 7) is 2.64. The summed E-state index contributed by atoms with van der Waals surface area (Å²) in [5.41, 5.74) is 2.51. The van der Waals surface area contributed by atoms with E-state index in [1.54, 1.807) is 0 Å². The fourth-order valence-corrected chi connectivity index (χ4v) is 3.10. The number of hydrogen-bond acceptors (Lipinski definition) is 3. The molecular weight excluding hydrogens is 292 g/mol. The first-order valence-electron chi connectivity index (χ1n) is 6.67. The van der Waals surface area contributed by atoms with E-state index in [2.05, 4.69) is 44.3 Å². The largest absolute Gasteiger partial charge is 0.391 e. The minimum atomic E-state index is -0.173. The van der Waals surface area contributed by atoms with Gasteiger partial charge in [0.25, 0.3) is 0 Å². The predicted molar refractivity (Wildman–Crippen MR) is 76.8 cm³/mol. The van der Waals surface area contributed by atoms with Crippen LogP contribution in [-0.2, 0) is 6.54 Å². The molecule has 2 aliphatic rings. The lowest BCUT2D eigenvalue weighted by Crippen LogP contribution is -2.21. The van der Waals surface area contributed by atoms with E-state index in [9.17, 15) is 5.11 Å². The van der Waals surface area contributed by atoms with Gasteiger partial charge < -0.3 is 15.3 Å². The van der Waals surface area contributed by atoms with Gasteiger partial charge in [0.1, 0.15) is 0 Å². The molecule has 3 nitrogen and oxygen atoms in total. The van der Waals surface area contributed by atoms with Crippen LogP contribution in [0.4, 0.5) is 5.69 Å². The molecule has 0 aromatic heterocycles. The Morgan fingerprint density at radius 1 is 1.33 bits per heavy atom. The molecule has 2 N–H and O–H groups in total. The molecule has 98 valence electrons. The van der Waals surface area contributed by atoms with Crippen LogP contribution in [0.1, 0.15) is 24.8 Å². The molecule has 1 unspecified atom stereocenters. The highest BCUT2D eigenvalue weighted by Gasteiger charge is 2.22. The highest BCUT2D eigenvalue weighted by Crippen LogP contribution is 2.30. The number of β-amino-alcohol motifs (C(OH)–C–C–N with tert-alkyl or cyclic N) is 1. The van der Waals surface area contributed by atoms with Crippen LogP contribution in [0, 0.1) is 0 Å². The van der Waals surface area contributed by atoms with Gasteiger partial charge in [0, 0.05) is 30.1 Å². The van der Waals surface area contributed by atoms with Gasteiger partial charge in [-0.25, -0.2) is 0 Å². The smallest absolute Gasteiger partial charge is 0.0731 e. The second-order valence-corrected chi connectivity index (χ2v) is 6.18. The maximum Gasteiger partial charge on any atom is 0.0731 e. The topological polar surface area (TPSA) is 35.5 Å². The molecule has 1 aromatic carbocycles. The number of aliphatic hydroxyl groups excluding tert-OH is 1. The molecule has 2 fully saturated rings. The first-order valence-corrected chi connectivity index (χ1v) is 7.46. The summed E-state index contributed by atoms with van der Waals surface area (Å²) in [6.07, 6.45) is 3.35. The van der Waals surface area contributed by atoms with Gasteiger partial charge in [0.15, 0.2) is 0 Å². The fraction of sp³-hybridized carbons (Fsp3) is 0.571. The molecular formula is C14H19BrN2O. The van der Waals surface area contributed by atoms with E-state index in [0.29, 0.717) is 0 Å². The third-order valence-electron chi connectivity index (χ3n) is 3.69. The second-order valence-electron chi connectivity index (χ2n) is 5.33. The fourth-order valence-electron chi connectivity index (χ4n) is 2.43. The van der Waals surface area contributed by atoms with Gasteiger partial charge in [-0.15, -0.1) is 0 Å². The van der Waals surface area contributed by atoms with Crippen LogP contribution in [0.3, 0.4) is 0 Å². The molecule has 0 spiro atoms. The van der Waals surface area contributed by atoms with Gasteiger partial charge in [-0.3, -0.25) is 0 Å². The maximum atomic E-state index is 9.59. The number of hydrogen-bond donors (Lipinski definition) is 2. The summed E-state index contributed by atoms with van der Waals surface area (Å²) >= 11 is 3.65. The monoisotopic (exact) mass is 310 g/mol.